The van der Waals surface area contributed by atoms with Crippen LogP contribution in [0.4, 0.5) is 4.39 Å². The molecule has 0 bridgehead atoms. The van der Waals surface area contributed by atoms with Crippen LogP contribution in [0.5, 0.6) is 11.5 Å². The summed E-state index contributed by atoms with van der Waals surface area (Å²) in [4.78, 5) is 4.01. The highest BCUT2D eigenvalue weighted by Gasteiger charge is 2.12. The van der Waals surface area contributed by atoms with E-state index in [1.54, 1.807) is 30.6 Å². The van der Waals surface area contributed by atoms with Gasteiger partial charge in [0.05, 0.1) is 6.61 Å². The van der Waals surface area contributed by atoms with Crippen molar-refractivity contribution in [2.75, 3.05) is 6.61 Å². The standard InChI is InChI=1S/C22H22ClFN2O2/c1-2-27-21-11-18(14-26-13-16-7-9-25-10-8-16)20(23)12-22(21)28-15-17-3-5-19(24)6-4-17/h3-12,26H,2,13-15H2,1H3. The van der Waals surface area contributed by atoms with Gasteiger partial charge < -0.3 is 14.8 Å². The van der Waals surface area contributed by atoms with Crippen LogP contribution in [0.3, 0.4) is 0 Å². The molecule has 0 saturated carbocycles. The van der Waals surface area contributed by atoms with Crippen molar-refractivity contribution in [3.05, 3.63) is 88.5 Å². The number of halogens is 2. The molecule has 3 rings (SSSR count). The average molecular weight is 401 g/mol. The molecule has 0 saturated heterocycles. The predicted molar refractivity (Wildman–Crippen MR) is 108 cm³/mol. The first kappa shape index (κ1) is 20.1. The summed E-state index contributed by atoms with van der Waals surface area (Å²) in [5.41, 5.74) is 2.94. The van der Waals surface area contributed by atoms with Gasteiger partial charge >= 0.3 is 0 Å². The summed E-state index contributed by atoms with van der Waals surface area (Å²) in [6.07, 6.45) is 3.54. The Morgan fingerprint density at radius 3 is 2.36 bits per heavy atom. The molecule has 0 atom stereocenters. The van der Waals surface area contributed by atoms with Crippen LogP contribution < -0.4 is 14.8 Å². The predicted octanol–water partition coefficient (Wildman–Crippen LogP) is 5.14. The molecule has 28 heavy (non-hydrogen) atoms. The first-order valence-corrected chi connectivity index (χ1v) is 9.45. The number of nitrogens with zero attached hydrogens (tertiary/aromatic N) is 1. The molecular weight excluding hydrogens is 379 g/mol. The van der Waals surface area contributed by atoms with Crippen molar-refractivity contribution in [1.82, 2.24) is 10.3 Å². The normalized spacial score (nSPS) is 10.7. The topological polar surface area (TPSA) is 43.4 Å². The second kappa shape index (κ2) is 10.1. The molecule has 0 amide bonds. The molecule has 0 aliphatic rings. The third-order valence-electron chi connectivity index (χ3n) is 4.11. The number of rotatable bonds is 9. The van der Waals surface area contributed by atoms with E-state index in [9.17, 15) is 4.39 Å². The fraction of sp³-hybridized carbons (Fsp3) is 0.227. The molecule has 0 aliphatic heterocycles. The quantitative estimate of drug-likeness (QED) is 0.540. The fourth-order valence-corrected chi connectivity index (χ4v) is 2.90. The Hall–Kier alpha value is -2.63. The van der Waals surface area contributed by atoms with E-state index in [-0.39, 0.29) is 5.82 Å². The van der Waals surface area contributed by atoms with Gasteiger partial charge in [-0.15, -0.1) is 0 Å². The van der Waals surface area contributed by atoms with Gasteiger partial charge in [0.15, 0.2) is 11.5 Å². The number of ether oxygens (including phenoxy) is 2. The maximum atomic E-state index is 13.0. The minimum Gasteiger partial charge on any atom is -0.490 e. The second-order valence-corrected chi connectivity index (χ2v) is 6.60. The average Bonchev–Trinajstić information content (AvgIpc) is 2.71. The molecule has 2 aromatic carbocycles. The Balaban J connectivity index is 1.67. The molecule has 0 fully saturated rings. The highest BCUT2D eigenvalue weighted by atomic mass is 35.5. The van der Waals surface area contributed by atoms with E-state index in [4.69, 9.17) is 21.1 Å². The Kier molecular flexibility index (Phi) is 7.23. The van der Waals surface area contributed by atoms with Crippen LogP contribution in [-0.4, -0.2) is 11.6 Å². The van der Waals surface area contributed by atoms with Gasteiger partial charge in [0.2, 0.25) is 0 Å². The number of hydrogen-bond donors (Lipinski definition) is 1. The van der Waals surface area contributed by atoms with Gasteiger partial charge in [-0.3, -0.25) is 4.98 Å². The molecule has 0 unspecified atom stereocenters. The summed E-state index contributed by atoms with van der Waals surface area (Å²) in [5, 5.41) is 3.96. The fourth-order valence-electron chi connectivity index (χ4n) is 2.68. The van der Waals surface area contributed by atoms with Crippen molar-refractivity contribution < 1.29 is 13.9 Å². The minimum absolute atomic E-state index is 0.273. The highest BCUT2D eigenvalue weighted by molar-refractivity contribution is 6.31. The molecule has 1 N–H and O–H groups in total. The van der Waals surface area contributed by atoms with Gasteiger partial charge in [-0.1, -0.05) is 23.7 Å². The van der Waals surface area contributed by atoms with Gasteiger partial charge in [-0.25, -0.2) is 4.39 Å². The van der Waals surface area contributed by atoms with Crippen LogP contribution in [0.15, 0.2) is 60.9 Å². The van der Waals surface area contributed by atoms with E-state index in [2.05, 4.69) is 10.3 Å². The summed E-state index contributed by atoms with van der Waals surface area (Å²) in [7, 11) is 0. The largest absolute Gasteiger partial charge is 0.490 e. The number of pyridine rings is 1. The summed E-state index contributed by atoms with van der Waals surface area (Å²) < 4.78 is 24.6. The SMILES string of the molecule is CCOc1cc(CNCc2ccncc2)c(Cl)cc1OCc1ccc(F)cc1. The van der Waals surface area contributed by atoms with Crippen LogP contribution in [-0.2, 0) is 19.7 Å². The molecular formula is C22H22ClFN2O2. The van der Waals surface area contributed by atoms with Crippen LogP contribution in [0.1, 0.15) is 23.6 Å². The van der Waals surface area contributed by atoms with Crippen LogP contribution >= 0.6 is 11.6 Å². The molecule has 0 aliphatic carbocycles. The third-order valence-corrected chi connectivity index (χ3v) is 4.47. The van der Waals surface area contributed by atoms with Crippen LogP contribution in [0.25, 0.3) is 0 Å². The molecule has 1 heterocycles. The van der Waals surface area contributed by atoms with Crippen molar-refractivity contribution in [1.29, 1.82) is 0 Å². The smallest absolute Gasteiger partial charge is 0.163 e. The summed E-state index contributed by atoms with van der Waals surface area (Å²) >= 11 is 6.45. The first-order chi connectivity index (χ1) is 13.7. The van der Waals surface area contributed by atoms with Gasteiger partial charge in [-0.2, -0.15) is 0 Å². The van der Waals surface area contributed by atoms with Gasteiger partial charge in [0.1, 0.15) is 12.4 Å². The Bertz CT molecular complexity index is 889. The van der Waals surface area contributed by atoms with E-state index >= 15 is 0 Å². The van der Waals surface area contributed by atoms with E-state index in [0.717, 1.165) is 16.7 Å². The Morgan fingerprint density at radius 1 is 0.929 bits per heavy atom. The van der Waals surface area contributed by atoms with E-state index in [1.165, 1.54) is 12.1 Å². The minimum atomic E-state index is -0.273. The maximum absolute atomic E-state index is 13.0. The molecule has 0 radical (unpaired) electrons. The second-order valence-electron chi connectivity index (χ2n) is 6.20. The highest BCUT2D eigenvalue weighted by Crippen LogP contribution is 2.34. The van der Waals surface area contributed by atoms with Crippen LogP contribution in [0.2, 0.25) is 5.02 Å². The molecule has 4 nitrogen and oxygen atoms in total. The van der Waals surface area contributed by atoms with Crippen LogP contribution in [0, 0.1) is 5.82 Å². The zero-order chi connectivity index (χ0) is 19.8. The van der Waals surface area contributed by atoms with Crippen molar-refractivity contribution in [3.8, 4) is 11.5 Å². The number of aromatic nitrogens is 1. The molecule has 0 spiro atoms. The number of hydrogen-bond acceptors (Lipinski definition) is 4. The lowest BCUT2D eigenvalue weighted by Crippen LogP contribution is -2.13. The Morgan fingerprint density at radius 2 is 1.64 bits per heavy atom. The van der Waals surface area contributed by atoms with Gasteiger partial charge in [0, 0.05) is 36.6 Å². The molecule has 1 aromatic heterocycles. The third kappa shape index (κ3) is 5.68. The summed E-state index contributed by atoms with van der Waals surface area (Å²) in [5.74, 6) is 0.925. The van der Waals surface area contributed by atoms with Crippen molar-refractivity contribution in [3.63, 3.8) is 0 Å². The van der Waals surface area contributed by atoms with E-state index in [1.807, 2.05) is 25.1 Å². The molecule has 6 heteroatoms. The van der Waals surface area contributed by atoms with E-state index in [0.29, 0.717) is 42.8 Å². The number of nitrogens with one attached hydrogen (secondary N) is 1. The maximum Gasteiger partial charge on any atom is 0.163 e. The van der Waals surface area contributed by atoms with Crippen molar-refractivity contribution >= 4 is 11.6 Å². The summed E-state index contributed by atoms with van der Waals surface area (Å²) in [6.45, 7) is 4.04. The van der Waals surface area contributed by atoms with Gasteiger partial charge in [-0.05, 0) is 53.9 Å². The van der Waals surface area contributed by atoms with Crippen molar-refractivity contribution in [2.45, 2.75) is 26.6 Å². The molecule has 3 aromatic rings. The lowest BCUT2D eigenvalue weighted by molar-refractivity contribution is 0.269. The molecule has 146 valence electrons. The zero-order valence-corrected chi connectivity index (χ0v) is 16.4. The summed E-state index contributed by atoms with van der Waals surface area (Å²) in [6, 6.07) is 13.8. The lowest BCUT2D eigenvalue weighted by Gasteiger charge is -2.15. The van der Waals surface area contributed by atoms with Gasteiger partial charge in [0.25, 0.3) is 0 Å². The monoisotopic (exact) mass is 400 g/mol. The zero-order valence-electron chi connectivity index (χ0n) is 15.6. The number of benzene rings is 2. The first-order valence-electron chi connectivity index (χ1n) is 9.07. The Labute approximate surface area is 169 Å². The van der Waals surface area contributed by atoms with Crippen molar-refractivity contribution in [2.24, 2.45) is 0 Å². The van der Waals surface area contributed by atoms with E-state index < -0.39 is 0 Å². The lowest BCUT2D eigenvalue weighted by atomic mass is 10.2.